The molecule has 2 saturated carbocycles. The second kappa shape index (κ2) is 8.72. The van der Waals surface area contributed by atoms with Crippen LogP contribution in [0.2, 0.25) is 0 Å². The van der Waals surface area contributed by atoms with E-state index in [0.29, 0.717) is 42.0 Å². The number of hydrogen-bond acceptors (Lipinski definition) is 4. The highest BCUT2D eigenvalue weighted by molar-refractivity contribution is 5.95. The summed E-state index contributed by atoms with van der Waals surface area (Å²) in [7, 11) is 1.56. The van der Waals surface area contributed by atoms with E-state index in [9.17, 15) is 9.59 Å². The molecule has 1 N–H and O–H groups in total. The summed E-state index contributed by atoms with van der Waals surface area (Å²) in [5, 5.41) is 2.86. The average Bonchev–Trinajstić information content (AvgIpc) is 3.46. The van der Waals surface area contributed by atoms with Gasteiger partial charge in [-0.25, -0.2) is 0 Å². The monoisotopic (exact) mass is 396 g/mol. The summed E-state index contributed by atoms with van der Waals surface area (Å²) in [5.41, 5.74) is 0.596. The number of nitrogens with zero attached hydrogens (tertiary/aromatic N) is 1. The predicted molar refractivity (Wildman–Crippen MR) is 109 cm³/mol. The molecular weight excluding hydrogens is 368 g/mol. The van der Waals surface area contributed by atoms with E-state index >= 15 is 0 Å². The minimum atomic E-state index is -0.248. The molecule has 154 valence electrons. The normalized spacial score (nSPS) is 22.4. The summed E-state index contributed by atoms with van der Waals surface area (Å²) < 4.78 is 10.7. The van der Waals surface area contributed by atoms with Crippen molar-refractivity contribution < 1.29 is 18.7 Å². The molecule has 3 atom stereocenters. The van der Waals surface area contributed by atoms with Crippen LogP contribution in [0.1, 0.15) is 37.9 Å². The lowest BCUT2D eigenvalue weighted by atomic mass is 9.86. The first-order valence-electron chi connectivity index (χ1n) is 10.4. The number of hydrogen-bond donors (Lipinski definition) is 1. The van der Waals surface area contributed by atoms with Crippen LogP contribution in [0, 0.1) is 17.8 Å². The van der Waals surface area contributed by atoms with Crippen LogP contribution in [0.5, 0.6) is 5.75 Å². The maximum absolute atomic E-state index is 13.1. The van der Waals surface area contributed by atoms with Crippen molar-refractivity contribution in [2.24, 2.45) is 17.8 Å². The molecule has 2 aromatic rings. The number of rotatable bonds is 8. The second-order valence-corrected chi connectivity index (χ2v) is 8.22. The zero-order chi connectivity index (χ0) is 20.2. The van der Waals surface area contributed by atoms with Crippen molar-refractivity contribution >= 4 is 17.5 Å². The number of nitrogens with one attached hydrogen (secondary N) is 1. The summed E-state index contributed by atoms with van der Waals surface area (Å²) in [6, 6.07) is 10.9. The Kier molecular flexibility index (Phi) is 5.88. The van der Waals surface area contributed by atoms with Gasteiger partial charge in [0, 0.05) is 6.42 Å². The fourth-order valence-corrected chi connectivity index (χ4v) is 4.91. The number of amides is 2. The first-order chi connectivity index (χ1) is 14.1. The van der Waals surface area contributed by atoms with Gasteiger partial charge in [0.15, 0.2) is 0 Å². The van der Waals surface area contributed by atoms with Gasteiger partial charge in [-0.05, 0) is 61.3 Å². The first kappa shape index (κ1) is 19.6. The Labute approximate surface area is 171 Å². The van der Waals surface area contributed by atoms with Crippen LogP contribution < -0.4 is 10.1 Å². The molecule has 2 bridgehead atoms. The van der Waals surface area contributed by atoms with Gasteiger partial charge in [0.2, 0.25) is 11.8 Å². The number of fused-ring (bicyclic) bond motifs is 2. The Hall–Kier alpha value is -2.76. The average molecular weight is 396 g/mol. The molecule has 29 heavy (non-hydrogen) atoms. The van der Waals surface area contributed by atoms with Crippen molar-refractivity contribution in [3.05, 3.63) is 48.4 Å². The molecule has 0 unspecified atom stereocenters. The third-order valence-electron chi connectivity index (χ3n) is 6.32. The molecule has 2 fully saturated rings. The van der Waals surface area contributed by atoms with E-state index in [1.54, 1.807) is 36.5 Å². The quantitative estimate of drug-likeness (QED) is 0.730. The molecule has 2 amide bonds. The van der Waals surface area contributed by atoms with Crippen molar-refractivity contribution in [2.75, 3.05) is 19.0 Å². The number of carbonyl (C=O) groups excluding carboxylic acids is 2. The molecule has 0 aliphatic heterocycles. The van der Waals surface area contributed by atoms with Gasteiger partial charge in [0.25, 0.3) is 0 Å². The Bertz CT molecular complexity index is 848. The van der Waals surface area contributed by atoms with Gasteiger partial charge < -0.3 is 19.4 Å². The van der Waals surface area contributed by atoms with Crippen LogP contribution >= 0.6 is 0 Å². The van der Waals surface area contributed by atoms with Gasteiger partial charge in [-0.3, -0.25) is 9.59 Å². The summed E-state index contributed by atoms with van der Waals surface area (Å²) in [6.45, 7) is 0.282. The maximum atomic E-state index is 13.1. The van der Waals surface area contributed by atoms with Crippen LogP contribution in [0.15, 0.2) is 47.1 Å². The van der Waals surface area contributed by atoms with Crippen LogP contribution in [-0.4, -0.2) is 30.4 Å². The summed E-state index contributed by atoms with van der Waals surface area (Å²) in [5.74, 6) is 2.97. The minimum absolute atomic E-state index is 0.0155. The molecule has 2 aliphatic rings. The van der Waals surface area contributed by atoms with Crippen molar-refractivity contribution in [3.63, 3.8) is 0 Å². The molecule has 6 heteroatoms. The fraction of sp³-hybridized carbons (Fsp3) is 0.478. The number of methoxy groups -OCH3 is 1. The van der Waals surface area contributed by atoms with Crippen molar-refractivity contribution in [2.45, 2.75) is 38.6 Å². The van der Waals surface area contributed by atoms with E-state index in [1.165, 1.54) is 19.3 Å². The van der Waals surface area contributed by atoms with Crippen LogP contribution in [-0.2, 0) is 16.1 Å². The molecule has 6 nitrogen and oxygen atoms in total. The van der Waals surface area contributed by atoms with Crippen molar-refractivity contribution in [1.29, 1.82) is 0 Å². The van der Waals surface area contributed by atoms with Gasteiger partial charge >= 0.3 is 0 Å². The number of furan rings is 1. The zero-order valence-corrected chi connectivity index (χ0v) is 16.8. The van der Waals surface area contributed by atoms with E-state index in [4.69, 9.17) is 9.15 Å². The summed E-state index contributed by atoms with van der Waals surface area (Å²) in [6.07, 6.45) is 7.08. The zero-order valence-electron chi connectivity index (χ0n) is 16.8. The third-order valence-corrected chi connectivity index (χ3v) is 6.32. The minimum Gasteiger partial charge on any atom is -0.495 e. The Morgan fingerprint density at radius 1 is 1.17 bits per heavy atom. The van der Waals surface area contributed by atoms with Gasteiger partial charge in [0.1, 0.15) is 18.1 Å². The lowest BCUT2D eigenvalue weighted by Gasteiger charge is -2.26. The molecule has 0 saturated heterocycles. The van der Waals surface area contributed by atoms with Gasteiger partial charge in [-0.15, -0.1) is 0 Å². The molecule has 0 radical (unpaired) electrons. The van der Waals surface area contributed by atoms with Crippen molar-refractivity contribution in [1.82, 2.24) is 4.90 Å². The maximum Gasteiger partial charge on any atom is 0.244 e. The van der Waals surface area contributed by atoms with Crippen LogP contribution in [0.25, 0.3) is 0 Å². The topological polar surface area (TPSA) is 71.8 Å². The van der Waals surface area contributed by atoms with Gasteiger partial charge in [-0.2, -0.15) is 0 Å². The highest BCUT2D eigenvalue weighted by atomic mass is 16.5. The Morgan fingerprint density at radius 3 is 2.72 bits per heavy atom. The van der Waals surface area contributed by atoms with Crippen LogP contribution in [0.3, 0.4) is 0 Å². The summed E-state index contributed by atoms with van der Waals surface area (Å²) >= 11 is 0. The number of carbonyl (C=O) groups is 2. The van der Waals surface area contributed by atoms with E-state index in [2.05, 4.69) is 5.32 Å². The molecule has 1 aromatic heterocycles. The van der Waals surface area contributed by atoms with E-state index in [1.807, 2.05) is 18.2 Å². The number of ether oxygens (including phenoxy) is 1. The van der Waals surface area contributed by atoms with Gasteiger partial charge in [0.05, 0.1) is 25.6 Å². The van der Waals surface area contributed by atoms with Crippen LogP contribution in [0.4, 0.5) is 5.69 Å². The molecule has 1 heterocycles. The summed E-state index contributed by atoms with van der Waals surface area (Å²) in [4.78, 5) is 27.4. The number of para-hydroxylation sites is 2. The Balaban J connectivity index is 1.42. The molecular formula is C23H28N2O4. The van der Waals surface area contributed by atoms with E-state index in [0.717, 1.165) is 12.3 Å². The molecule has 4 rings (SSSR count). The second-order valence-electron chi connectivity index (χ2n) is 8.22. The highest BCUT2D eigenvalue weighted by Crippen LogP contribution is 2.49. The molecule has 2 aliphatic carbocycles. The lowest BCUT2D eigenvalue weighted by Crippen LogP contribution is -2.38. The number of benzene rings is 1. The van der Waals surface area contributed by atoms with E-state index in [-0.39, 0.29) is 18.4 Å². The van der Waals surface area contributed by atoms with E-state index < -0.39 is 0 Å². The number of anilines is 1. The fourth-order valence-electron chi connectivity index (χ4n) is 4.91. The molecule has 1 aromatic carbocycles. The smallest absolute Gasteiger partial charge is 0.244 e. The highest BCUT2D eigenvalue weighted by Gasteiger charge is 2.40. The van der Waals surface area contributed by atoms with Gasteiger partial charge in [-0.1, -0.05) is 18.6 Å². The third kappa shape index (κ3) is 4.63. The SMILES string of the molecule is COc1ccccc1NC(=O)CN(Cc1ccco1)C(=O)C[C@H]1C[C@H]2CC[C@@H]1C2. The first-order valence-corrected chi connectivity index (χ1v) is 10.4. The Morgan fingerprint density at radius 2 is 2.03 bits per heavy atom. The lowest BCUT2D eigenvalue weighted by molar-refractivity contribution is -0.136. The standard InChI is InChI=1S/C23H28N2O4/c1-28-21-7-3-2-6-20(21)24-22(26)15-25(14-19-5-4-10-29-19)23(27)13-18-12-16-8-9-17(18)11-16/h2-7,10,16-18H,8-9,11-15H2,1H3,(H,24,26)/t16-,17+,18+/m0/s1. The largest absolute Gasteiger partial charge is 0.495 e. The van der Waals surface area contributed by atoms with Crippen molar-refractivity contribution in [3.8, 4) is 5.75 Å². The molecule has 0 spiro atoms. The predicted octanol–water partition coefficient (Wildman–Crippen LogP) is 4.08.